The van der Waals surface area contributed by atoms with E-state index < -0.39 is 22.6 Å². The number of aryl methyl sites for hydroxylation is 1. The normalized spacial score (nSPS) is 39.7. The van der Waals surface area contributed by atoms with Gasteiger partial charge >= 0.3 is 6.03 Å². The van der Waals surface area contributed by atoms with Gasteiger partial charge in [-0.05, 0) is 80.5 Å². The van der Waals surface area contributed by atoms with Gasteiger partial charge in [0.15, 0.2) is 0 Å². The van der Waals surface area contributed by atoms with Gasteiger partial charge in [0, 0.05) is 24.5 Å². The second kappa shape index (κ2) is 6.71. The summed E-state index contributed by atoms with van der Waals surface area (Å²) in [5.74, 6) is 0.763. The lowest BCUT2D eigenvalue weighted by molar-refractivity contribution is -0.155. The zero-order chi connectivity index (χ0) is 23.2. The van der Waals surface area contributed by atoms with Crippen LogP contribution >= 0.6 is 0 Å². The third-order valence-corrected chi connectivity index (χ3v) is 9.31. The van der Waals surface area contributed by atoms with Crippen LogP contribution in [0.15, 0.2) is 18.2 Å². The van der Waals surface area contributed by atoms with Crippen LogP contribution in [0.5, 0.6) is 5.75 Å². The number of aliphatic hydroxyl groups is 1. The number of hydrogen-bond acceptors (Lipinski definition) is 6. The molecule has 3 amide bonds. The molecule has 1 spiro atoms. The first-order valence-electron chi connectivity index (χ1n) is 12.0. The van der Waals surface area contributed by atoms with Gasteiger partial charge in [-0.2, -0.15) is 5.26 Å². The van der Waals surface area contributed by atoms with E-state index in [1.807, 2.05) is 19.1 Å². The van der Waals surface area contributed by atoms with E-state index in [0.717, 1.165) is 24.2 Å². The van der Waals surface area contributed by atoms with Gasteiger partial charge in [0.1, 0.15) is 17.8 Å². The smallest absolute Gasteiger partial charge is 0.325 e. The minimum Gasteiger partial charge on any atom is -0.508 e. The van der Waals surface area contributed by atoms with Crippen LogP contribution in [-0.4, -0.2) is 68.8 Å². The number of nitrogens with one attached hydrogen (secondary N) is 1. The Morgan fingerprint density at radius 3 is 2.79 bits per heavy atom. The van der Waals surface area contributed by atoms with E-state index in [2.05, 4.69) is 10.2 Å². The molecule has 0 radical (unpaired) electrons. The summed E-state index contributed by atoms with van der Waals surface area (Å²) < 4.78 is 0. The molecule has 8 nitrogen and oxygen atoms in total. The summed E-state index contributed by atoms with van der Waals surface area (Å²) in [4.78, 5) is 29.7. The van der Waals surface area contributed by atoms with E-state index in [0.29, 0.717) is 31.1 Å². The summed E-state index contributed by atoms with van der Waals surface area (Å²) in [6.45, 7) is 3.73. The van der Waals surface area contributed by atoms with Gasteiger partial charge in [-0.25, -0.2) is 4.79 Å². The van der Waals surface area contributed by atoms with Gasteiger partial charge in [0.2, 0.25) is 0 Å². The van der Waals surface area contributed by atoms with E-state index >= 15 is 0 Å². The Balaban J connectivity index is 1.49. The molecule has 3 aliphatic carbocycles. The number of nitriles is 1. The summed E-state index contributed by atoms with van der Waals surface area (Å²) in [7, 11) is 0. The van der Waals surface area contributed by atoms with Crippen molar-refractivity contribution >= 4 is 11.9 Å². The fourth-order valence-corrected chi connectivity index (χ4v) is 7.75. The summed E-state index contributed by atoms with van der Waals surface area (Å²) in [6.07, 6.45) is 4.14. The predicted molar refractivity (Wildman–Crippen MR) is 118 cm³/mol. The van der Waals surface area contributed by atoms with Gasteiger partial charge in [0.05, 0.1) is 11.7 Å². The zero-order valence-corrected chi connectivity index (χ0v) is 18.9. The minimum absolute atomic E-state index is 0.0155. The molecule has 0 aromatic heterocycles. The van der Waals surface area contributed by atoms with Crippen LogP contribution in [0.3, 0.4) is 0 Å². The van der Waals surface area contributed by atoms with Crippen molar-refractivity contribution in [2.24, 2.45) is 11.8 Å². The lowest BCUT2D eigenvalue weighted by Crippen LogP contribution is -2.70. The van der Waals surface area contributed by atoms with E-state index in [1.165, 1.54) is 17.7 Å². The van der Waals surface area contributed by atoms with Crippen LogP contribution in [0.2, 0.25) is 0 Å². The molecule has 5 atom stereocenters. The third-order valence-electron chi connectivity index (χ3n) is 9.31. The Hall–Kier alpha value is -2.63. The van der Waals surface area contributed by atoms with Crippen LogP contribution in [-0.2, 0) is 10.2 Å². The molecule has 174 valence electrons. The average molecular weight is 451 g/mol. The second-order valence-corrected chi connectivity index (χ2v) is 11.0. The van der Waals surface area contributed by atoms with Gasteiger partial charge in [-0.1, -0.05) is 6.07 Å². The maximum absolute atomic E-state index is 13.2. The number of amides is 3. The predicted octanol–water partition coefficient (Wildman–Crippen LogP) is 1.78. The van der Waals surface area contributed by atoms with E-state index in [4.69, 9.17) is 0 Å². The van der Waals surface area contributed by atoms with Crippen molar-refractivity contribution in [3.8, 4) is 11.8 Å². The molecule has 2 aliphatic heterocycles. The second-order valence-electron chi connectivity index (χ2n) is 11.0. The number of aromatic hydroxyl groups is 1. The Morgan fingerprint density at radius 2 is 2.06 bits per heavy atom. The summed E-state index contributed by atoms with van der Waals surface area (Å²) in [5.41, 5.74) is -1.22. The summed E-state index contributed by atoms with van der Waals surface area (Å²) >= 11 is 0. The number of rotatable bonds is 4. The number of fused-ring (bicyclic) bond motifs is 3. The molecule has 1 aromatic carbocycles. The Labute approximate surface area is 193 Å². The fourth-order valence-electron chi connectivity index (χ4n) is 7.75. The first-order valence-corrected chi connectivity index (χ1v) is 12.0. The topological polar surface area (TPSA) is 117 Å². The third kappa shape index (κ3) is 2.64. The summed E-state index contributed by atoms with van der Waals surface area (Å²) in [6, 6.07) is 6.76. The van der Waals surface area contributed by atoms with Gasteiger partial charge in [-0.3, -0.25) is 19.9 Å². The van der Waals surface area contributed by atoms with Crippen LogP contribution in [0.25, 0.3) is 0 Å². The first-order chi connectivity index (χ1) is 15.7. The average Bonchev–Trinajstić information content (AvgIpc) is 3.51. The molecule has 0 bridgehead atoms. The van der Waals surface area contributed by atoms with Crippen molar-refractivity contribution in [3.63, 3.8) is 0 Å². The molecule has 1 aromatic rings. The van der Waals surface area contributed by atoms with Crippen molar-refractivity contribution in [1.82, 2.24) is 15.1 Å². The number of phenols is 1. The molecule has 5 fully saturated rings. The Bertz CT molecular complexity index is 1100. The van der Waals surface area contributed by atoms with Gasteiger partial charge in [-0.15, -0.1) is 0 Å². The number of imide groups is 1. The molecule has 6 rings (SSSR count). The van der Waals surface area contributed by atoms with Crippen LogP contribution < -0.4 is 5.32 Å². The van der Waals surface area contributed by atoms with E-state index in [9.17, 15) is 25.1 Å². The number of hydrogen-bond donors (Lipinski definition) is 3. The number of urea groups is 1. The molecule has 8 heteroatoms. The number of phenolic OH excluding ortho intramolecular Hbond substituents is 1. The molecular weight excluding hydrogens is 420 g/mol. The number of nitrogens with zero attached hydrogens (tertiary/aromatic N) is 3. The van der Waals surface area contributed by atoms with Crippen LogP contribution in [0.4, 0.5) is 4.79 Å². The highest BCUT2D eigenvalue weighted by atomic mass is 16.3. The van der Waals surface area contributed by atoms with Gasteiger partial charge < -0.3 is 10.2 Å². The fraction of sp³-hybridized carbons (Fsp3) is 0.640. The van der Waals surface area contributed by atoms with Crippen molar-refractivity contribution < 1.29 is 19.8 Å². The maximum Gasteiger partial charge on any atom is 0.325 e. The Kier molecular flexibility index (Phi) is 4.26. The molecule has 3 N–H and O–H groups in total. The van der Waals surface area contributed by atoms with Crippen LogP contribution in [0.1, 0.15) is 49.7 Å². The number of carbonyl (C=O) groups excluding carboxylic acids is 2. The number of carbonyl (C=O) groups is 2. The van der Waals surface area contributed by atoms with Crippen molar-refractivity contribution in [1.29, 1.82) is 5.26 Å². The highest BCUT2D eigenvalue weighted by Crippen LogP contribution is 2.66. The molecule has 3 saturated carbocycles. The van der Waals surface area contributed by atoms with Crippen molar-refractivity contribution in [3.05, 3.63) is 29.3 Å². The highest BCUT2D eigenvalue weighted by molar-refractivity contribution is 6.07. The SMILES string of the molecule is Cc1ccc(O)cc1[C@]12CC3CN(CC4CC4)[C@H]3[C@]1(O)CC[C@]1(C2)C(=O)NC(=O)N1CC#N. The molecule has 2 saturated heterocycles. The molecule has 1 unspecified atom stereocenters. The standard InChI is InChI=1S/C25H30N4O4/c1-15-2-5-18(30)10-19(15)23-11-17-13-28(12-16-3-4-16)20(17)25(23,33)7-6-24(14-23)21(31)27-22(32)29(24)9-8-26/h2,5,10,16-17,20,30,33H,3-4,6-7,9,11-14H2,1H3,(H,27,31,32)/t17?,20-,23-,24+,25-/m1/s1. The van der Waals surface area contributed by atoms with Crippen molar-refractivity contribution in [2.45, 2.75) is 68.0 Å². The van der Waals surface area contributed by atoms with E-state index in [-0.39, 0.29) is 30.7 Å². The Morgan fingerprint density at radius 1 is 1.27 bits per heavy atom. The lowest BCUT2D eigenvalue weighted by atomic mass is 9.54. The first kappa shape index (κ1) is 20.9. The molecule has 2 heterocycles. The molecule has 5 aliphatic rings. The van der Waals surface area contributed by atoms with Gasteiger partial charge in [0.25, 0.3) is 5.91 Å². The zero-order valence-electron chi connectivity index (χ0n) is 18.9. The maximum atomic E-state index is 13.2. The van der Waals surface area contributed by atoms with Crippen LogP contribution in [0, 0.1) is 30.1 Å². The number of benzene rings is 1. The number of likely N-dealkylation sites (tertiary alicyclic amines) is 1. The molecule has 33 heavy (non-hydrogen) atoms. The summed E-state index contributed by atoms with van der Waals surface area (Å²) in [5, 5.41) is 34.7. The quantitative estimate of drug-likeness (QED) is 0.476. The van der Waals surface area contributed by atoms with Crippen molar-refractivity contribution in [2.75, 3.05) is 19.6 Å². The monoisotopic (exact) mass is 450 g/mol. The highest BCUT2D eigenvalue weighted by Gasteiger charge is 2.75. The largest absolute Gasteiger partial charge is 0.508 e. The lowest BCUT2D eigenvalue weighted by Gasteiger charge is -2.58. The minimum atomic E-state index is -1.16. The van der Waals surface area contributed by atoms with E-state index in [1.54, 1.807) is 12.1 Å². The molecular formula is C25H30N4O4.